The van der Waals surface area contributed by atoms with Crippen molar-refractivity contribution in [2.75, 3.05) is 19.6 Å². The second-order valence-electron chi connectivity index (χ2n) is 6.59. The molecule has 21 heavy (non-hydrogen) atoms. The highest BCUT2D eigenvalue weighted by atomic mass is 16.2. The van der Waals surface area contributed by atoms with Crippen LogP contribution in [-0.2, 0) is 4.79 Å². The summed E-state index contributed by atoms with van der Waals surface area (Å²) in [4.78, 5) is 14.1. The van der Waals surface area contributed by atoms with E-state index < -0.39 is 0 Å². The molecular weight excluding hydrogens is 260 g/mol. The first-order valence-electron chi connectivity index (χ1n) is 8.31. The number of carbonyl (C=O) groups excluding carboxylic acids is 1. The number of piperidine rings is 1. The van der Waals surface area contributed by atoms with E-state index in [1.54, 1.807) is 0 Å². The van der Waals surface area contributed by atoms with Gasteiger partial charge in [0.2, 0.25) is 5.91 Å². The van der Waals surface area contributed by atoms with Gasteiger partial charge in [0.15, 0.2) is 0 Å². The topological polar surface area (TPSA) is 32.3 Å². The Morgan fingerprint density at radius 3 is 2.48 bits per heavy atom. The van der Waals surface area contributed by atoms with Gasteiger partial charge >= 0.3 is 0 Å². The molecule has 3 rings (SSSR count). The largest absolute Gasteiger partial charge is 0.342 e. The van der Waals surface area contributed by atoms with Gasteiger partial charge in [-0.3, -0.25) is 4.79 Å². The first-order valence-corrected chi connectivity index (χ1v) is 8.31. The van der Waals surface area contributed by atoms with E-state index >= 15 is 0 Å². The monoisotopic (exact) mass is 286 g/mol. The molecule has 0 aromatic heterocycles. The summed E-state index contributed by atoms with van der Waals surface area (Å²) >= 11 is 0. The van der Waals surface area contributed by atoms with E-state index in [-0.39, 0.29) is 0 Å². The van der Waals surface area contributed by atoms with E-state index in [0.717, 1.165) is 45.3 Å². The van der Waals surface area contributed by atoms with Crippen LogP contribution in [0.1, 0.15) is 44.1 Å². The van der Waals surface area contributed by atoms with E-state index in [0.29, 0.717) is 23.8 Å². The van der Waals surface area contributed by atoms with Crippen molar-refractivity contribution in [1.29, 1.82) is 0 Å². The highest BCUT2D eigenvalue weighted by molar-refractivity contribution is 5.81. The van der Waals surface area contributed by atoms with Gasteiger partial charge in [-0.2, -0.15) is 0 Å². The normalized spacial score (nSPS) is 21.3. The number of hydrogen-bond acceptors (Lipinski definition) is 2. The van der Waals surface area contributed by atoms with Crippen molar-refractivity contribution in [1.82, 2.24) is 10.2 Å². The number of amides is 1. The molecule has 1 aliphatic heterocycles. The molecule has 1 aromatic carbocycles. The smallest absolute Gasteiger partial charge is 0.225 e. The van der Waals surface area contributed by atoms with E-state index in [1.165, 1.54) is 5.56 Å². The second kappa shape index (κ2) is 6.61. The molecule has 1 saturated carbocycles. The quantitative estimate of drug-likeness (QED) is 0.902. The lowest BCUT2D eigenvalue weighted by molar-refractivity contribution is -0.133. The van der Waals surface area contributed by atoms with Crippen molar-refractivity contribution in [2.45, 2.75) is 44.6 Å². The van der Waals surface area contributed by atoms with Crippen LogP contribution in [0.5, 0.6) is 0 Å². The molecule has 1 atom stereocenters. The zero-order valence-electron chi connectivity index (χ0n) is 12.9. The fourth-order valence-electron chi connectivity index (χ4n) is 3.14. The van der Waals surface area contributed by atoms with Crippen LogP contribution >= 0.6 is 0 Å². The summed E-state index contributed by atoms with van der Waals surface area (Å²) in [7, 11) is 0. The van der Waals surface area contributed by atoms with Crippen LogP contribution in [-0.4, -0.2) is 36.5 Å². The summed E-state index contributed by atoms with van der Waals surface area (Å²) < 4.78 is 0. The van der Waals surface area contributed by atoms with Crippen molar-refractivity contribution in [3.05, 3.63) is 35.9 Å². The molecule has 1 aliphatic carbocycles. The average Bonchev–Trinajstić information content (AvgIpc) is 3.38. The molecule has 1 heterocycles. The van der Waals surface area contributed by atoms with Crippen molar-refractivity contribution in [3.8, 4) is 0 Å². The van der Waals surface area contributed by atoms with Crippen molar-refractivity contribution < 1.29 is 4.79 Å². The first-order chi connectivity index (χ1) is 10.2. The van der Waals surface area contributed by atoms with Crippen molar-refractivity contribution >= 4 is 5.91 Å². The minimum atomic E-state index is 0.368. The standard InChI is InChI=1S/C18H26N2O/c1-14(15-5-3-2-4-6-15)13-19-17-9-11-20(12-10-17)18(21)16-7-8-16/h2-6,14,16-17,19H,7-13H2,1H3. The van der Waals surface area contributed by atoms with E-state index in [4.69, 9.17) is 0 Å². The van der Waals surface area contributed by atoms with Crippen molar-refractivity contribution in [2.24, 2.45) is 5.92 Å². The minimum Gasteiger partial charge on any atom is -0.342 e. The number of benzene rings is 1. The van der Waals surface area contributed by atoms with Gasteiger partial charge in [0, 0.05) is 31.6 Å². The molecule has 2 fully saturated rings. The summed E-state index contributed by atoms with van der Waals surface area (Å²) in [6, 6.07) is 11.2. The number of hydrogen-bond donors (Lipinski definition) is 1. The first kappa shape index (κ1) is 14.6. The van der Waals surface area contributed by atoms with Crippen LogP contribution in [0.25, 0.3) is 0 Å². The van der Waals surface area contributed by atoms with Gasteiger partial charge in [-0.15, -0.1) is 0 Å². The molecule has 0 spiro atoms. The molecule has 114 valence electrons. The Balaban J connectivity index is 1.40. The van der Waals surface area contributed by atoms with Crippen LogP contribution in [0.15, 0.2) is 30.3 Å². The highest BCUT2D eigenvalue weighted by Gasteiger charge is 2.34. The molecular formula is C18H26N2O. The lowest BCUT2D eigenvalue weighted by Gasteiger charge is -2.33. The molecule has 3 heteroatoms. The summed E-state index contributed by atoms with van der Waals surface area (Å²) in [6.07, 6.45) is 4.43. The summed E-state index contributed by atoms with van der Waals surface area (Å²) in [5, 5.41) is 3.69. The molecule has 0 bridgehead atoms. The Labute approximate surface area is 127 Å². The summed E-state index contributed by atoms with van der Waals surface area (Å²) in [5.74, 6) is 1.32. The Kier molecular flexibility index (Phi) is 4.59. The molecule has 1 aromatic rings. The van der Waals surface area contributed by atoms with Gasteiger partial charge in [0.05, 0.1) is 0 Å². The van der Waals surface area contributed by atoms with Crippen LogP contribution in [0.2, 0.25) is 0 Å². The maximum Gasteiger partial charge on any atom is 0.225 e. The second-order valence-corrected chi connectivity index (χ2v) is 6.59. The van der Waals surface area contributed by atoms with E-state index in [2.05, 4.69) is 47.5 Å². The maximum absolute atomic E-state index is 12.0. The SMILES string of the molecule is CC(CNC1CCN(C(=O)C2CC2)CC1)c1ccccc1. The molecule has 1 unspecified atom stereocenters. The minimum absolute atomic E-state index is 0.368. The Morgan fingerprint density at radius 1 is 1.19 bits per heavy atom. The number of rotatable bonds is 5. The molecule has 1 N–H and O–H groups in total. The molecule has 3 nitrogen and oxygen atoms in total. The fourth-order valence-corrected chi connectivity index (χ4v) is 3.14. The van der Waals surface area contributed by atoms with Crippen LogP contribution < -0.4 is 5.32 Å². The van der Waals surface area contributed by atoms with Gasteiger partial charge in [-0.1, -0.05) is 37.3 Å². The number of nitrogens with zero attached hydrogens (tertiary/aromatic N) is 1. The van der Waals surface area contributed by atoms with Gasteiger partial charge in [0.25, 0.3) is 0 Å². The lowest BCUT2D eigenvalue weighted by Crippen LogP contribution is -2.46. The van der Waals surface area contributed by atoms with Crippen LogP contribution in [0, 0.1) is 5.92 Å². The number of carbonyl (C=O) groups is 1. The van der Waals surface area contributed by atoms with Gasteiger partial charge in [0.1, 0.15) is 0 Å². The molecule has 1 amide bonds. The summed E-state index contributed by atoms with van der Waals surface area (Å²) in [6.45, 7) is 5.17. The zero-order chi connectivity index (χ0) is 14.7. The maximum atomic E-state index is 12.0. The zero-order valence-corrected chi connectivity index (χ0v) is 12.9. The third-order valence-electron chi connectivity index (χ3n) is 4.81. The predicted octanol–water partition coefficient (Wildman–Crippen LogP) is 2.78. The molecule has 2 aliphatic rings. The van der Waals surface area contributed by atoms with Crippen LogP contribution in [0.4, 0.5) is 0 Å². The van der Waals surface area contributed by atoms with E-state index in [9.17, 15) is 4.79 Å². The molecule has 1 saturated heterocycles. The van der Waals surface area contributed by atoms with E-state index in [1.807, 2.05) is 0 Å². The third kappa shape index (κ3) is 3.85. The van der Waals surface area contributed by atoms with Gasteiger partial charge in [-0.25, -0.2) is 0 Å². The predicted molar refractivity (Wildman–Crippen MR) is 85.2 cm³/mol. The Hall–Kier alpha value is -1.35. The molecule has 0 radical (unpaired) electrons. The highest BCUT2D eigenvalue weighted by Crippen LogP contribution is 2.31. The van der Waals surface area contributed by atoms with Gasteiger partial charge in [-0.05, 0) is 37.2 Å². The number of likely N-dealkylation sites (tertiary alicyclic amines) is 1. The average molecular weight is 286 g/mol. The lowest BCUT2D eigenvalue weighted by atomic mass is 9.99. The third-order valence-corrected chi connectivity index (χ3v) is 4.81. The van der Waals surface area contributed by atoms with Crippen LogP contribution in [0.3, 0.4) is 0 Å². The van der Waals surface area contributed by atoms with Crippen molar-refractivity contribution in [3.63, 3.8) is 0 Å². The Bertz CT molecular complexity index is 461. The fraction of sp³-hybridized carbons (Fsp3) is 0.611. The van der Waals surface area contributed by atoms with Gasteiger partial charge < -0.3 is 10.2 Å². The Morgan fingerprint density at radius 2 is 1.86 bits per heavy atom. The summed E-state index contributed by atoms with van der Waals surface area (Å²) in [5.41, 5.74) is 1.39. The number of nitrogens with one attached hydrogen (secondary N) is 1.